The molecule has 2 rings (SSSR count). The number of hydrogen-bond acceptors (Lipinski definition) is 5. The van der Waals surface area contributed by atoms with Gasteiger partial charge in [-0.25, -0.2) is 4.98 Å². The van der Waals surface area contributed by atoms with Crippen molar-refractivity contribution in [1.82, 2.24) is 15.8 Å². The molecular formula is C18H23N3O3S. The van der Waals surface area contributed by atoms with E-state index in [0.717, 1.165) is 33.7 Å². The highest BCUT2D eigenvalue weighted by Gasteiger charge is 2.12. The summed E-state index contributed by atoms with van der Waals surface area (Å²) in [5.74, 6) is 0.247. The number of methoxy groups -OCH3 is 1. The van der Waals surface area contributed by atoms with Gasteiger partial charge in [-0.05, 0) is 30.2 Å². The van der Waals surface area contributed by atoms with Gasteiger partial charge >= 0.3 is 0 Å². The SMILES string of the molecule is CCc1cc2ccc(OC)cc2nc1SCC(=O)NNC(=O)C(C)C. The Bertz CT molecular complexity index is 777. The summed E-state index contributed by atoms with van der Waals surface area (Å²) in [5.41, 5.74) is 6.73. The van der Waals surface area contributed by atoms with Crippen molar-refractivity contribution in [2.45, 2.75) is 32.2 Å². The van der Waals surface area contributed by atoms with Gasteiger partial charge in [0, 0.05) is 17.4 Å². The molecule has 1 aromatic carbocycles. The zero-order valence-electron chi connectivity index (χ0n) is 14.9. The Kier molecular flexibility index (Phi) is 6.64. The molecule has 6 nitrogen and oxygen atoms in total. The third-order valence-corrected chi connectivity index (χ3v) is 4.67. The molecule has 0 saturated heterocycles. The van der Waals surface area contributed by atoms with Gasteiger partial charge in [-0.3, -0.25) is 20.4 Å². The second kappa shape index (κ2) is 8.71. The molecule has 2 aromatic rings. The van der Waals surface area contributed by atoms with Crippen LogP contribution < -0.4 is 15.6 Å². The lowest BCUT2D eigenvalue weighted by atomic mass is 10.1. The predicted octanol–water partition coefficient (Wildman–Crippen LogP) is 2.70. The van der Waals surface area contributed by atoms with Crippen molar-refractivity contribution in [1.29, 1.82) is 0 Å². The minimum Gasteiger partial charge on any atom is -0.497 e. The number of benzene rings is 1. The highest BCUT2D eigenvalue weighted by atomic mass is 32.2. The first-order valence-electron chi connectivity index (χ1n) is 8.13. The summed E-state index contributed by atoms with van der Waals surface area (Å²) in [7, 11) is 1.62. The largest absolute Gasteiger partial charge is 0.497 e. The monoisotopic (exact) mass is 361 g/mol. The molecule has 0 atom stereocenters. The number of nitrogens with zero attached hydrogens (tertiary/aromatic N) is 1. The molecule has 0 spiro atoms. The molecule has 2 amide bonds. The lowest BCUT2D eigenvalue weighted by molar-refractivity contribution is -0.129. The van der Waals surface area contributed by atoms with Gasteiger partial charge in [-0.15, -0.1) is 0 Å². The number of hydrazine groups is 1. The fourth-order valence-electron chi connectivity index (χ4n) is 2.12. The molecule has 1 heterocycles. The Balaban J connectivity index is 2.08. The second-order valence-corrected chi connectivity index (χ2v) is 6.81. The first kappa shape index (κ1) is 19.1. The van der Waals surface area contributed by atoms with Crippen molar-refractivity contribution < 1.29 is 14.3 Å². The summed E-state index contributed by atoms with van der Waals surface area (Å²) >= 11 is 1.35. The number of amides is 2. The van der Waals surface area contributed by atoms with Crippen molar-refractivity contribution >= 4 is 34.5 Å². The molecule has 0 fully saturated rings. The fourth-order valence-corrected chi connectivity index (χ4v) is 3.02. The normalized spacial score (nSPS) is 10.8. The topological polar surface area (TPSA) is 80.3 Å². The number of aryl methyl sites for hydroxylation is 1. The Labute approximate surface area is 151 Å². The molecule has 134 valence electrons. The lowest BCUT2D eigenvalue weighted by Gasteiger charge is -2.11. The molecule has 0 saturated carbocycles. The molecule has 0 aliphatic carbocycles. The number of rotatable bonds is 6. The fraction of sp³-hybridized carbons (Fsp3) is 0.389. The van der Waals surface area contributed by atoms with Crippen LogP contribution in [0.15, 0.2) is 29.3 Å². The maximum atomic E-state index is 11.9. The van der Waals surface area contributed by atoms with Gasteiger partial charge in [0.1, 0.15) is 10.8 Å². The number of carbonyl (C=O) groups is 2. The van der Waals surface area contributed by atoms with Gasteiger partial charge in [0.15, 0.2) is 0 Å². The Morgan fingerprint density at radius 2 is 2.00 bits per heavy atom. The van der Waals surface area contributed by atoms with E-state index in [9.17, 15) is 9.59 Å². The van der Waals surface area contributed by atoms with E-state index in [-0.39, 0.29) is 23.5 Å². The van der Waals surface area contributed by atoms with Gasteiger partial charge in [-0.1, -0.05) is 32.5 Å². The van der Waals surface area contributed by atoms with Crippen LogP contribution in [0.4, 0.5) is 0 Å². The molecule has 25 heavy (non-hydrogen) atoms. The average Bonchev–Trinajstić information content (AvgIpc) is 2.62. The van der Waals surface area contributed by atoms with Crippen LogP contribution in [0.1, 0.15) is 26.3 Å². The predicted molar refractivity (Wildman–Crippen MR) is 99.5 cm³/mol. The molecule has 0 aliphatic heterocycles. The second-order valence-electron chi connectivity index (χ2n) is 5.85. The average molecular weight is 361 g/mol. The minimum absolute atomic E-state index is 0.174. The summed E-state index contributed by atoms with van der Waals surface area (Å²) < 4.78 is 5.24. The van der Waals surface area contributed by atoms with E-state index < -0.39 is 0 Å². The smallest absolute Gasteiger partial charge is 0.248 e. The molecule has 7 heteroatoms. The van der Waals surface area contributed by atoms with Crippen LogP contribution >= 0.6 is 11.8 Å². The van der Waals surface area contributed by atoms with Crippen molar-refractivity contribution in [2.24, 2.45) is 5.92 Å². The number of aromatic nitrogens is 1. The third kappa shape index (κ3) is 5.09. The van der Waals surface area contributed by atoms with Gasteiger partial charge < -0.3 is 4.74 Å². The van der Waals surface area contributed by atoms with Gasteiger partial charge in [0.25, 0.3) is 0 Å². The first-order chi connectivity index (χ1) is 11.9. The van der Waals surface area contributed by atoms with Crippen LogP contribution in [0.3, 0.4) is 0 Å². The van der Waals surface area contributed by atoms with E-state index in [1.165, 1.54) is 11.8 Å². The van der Waals surface area contributed by atoms with Gasteiger partial charge in [0.05, 0.1) is 18.4 Å². The number of nitrogens with one attached hydrogen (secondary N) is 2. The molecule has 0 unspecified atom stereocenters. The first-order valence-corrected chi connectivity index (χ1v) is 9.12. The molecule has 1 aromatic heterocycles. The van der Waals surface area contributed by atoms with Gasteiger partial charge in [0.2, 0.25) is 11.8 Å². The number of hydrogen-bond donors (Lipinski definition) is 2. The summed E-state index contributed by atoms with van der Waals surface area (Å²) in [6.07, 6.45) is 0.822. The molecular weight excluding hydrogens is 338 g/mol. The van der Waals surface area contributed by atoms with E-state index in [1.54, 1.807) is 21.0 Å². The Hall–Kier alpha value is -2.28. The third-order valence-electron chi connectivity index (χ3n) is 3.63. The Morgan fingerprint density at radius 1 is 1.24 bits per heavy atom. The highest BCUT2D eigenvalue weighted by Crippen LogP contribution is 2.27. The van der Waals surface area contributed by atoms with E-state index in [1.807, 2.05) is 18.2 Å². The summed E-state index contributed by atoms with van der Waals surface area (Å²) in [6.45, 7) is 5.58. The van der Waals surface area contributed by atoms with E-state index in [2.05, 4.69) is 28.8 Å². The molecule has 0 radical (unpaired) electrons. The van der Waals surface area contributed by atoms with E-state index in [0.29, 0.717) is 0 Å². The number of thioether (sulfide) groups is 1. The molecule has 0 bridgehead atoms. The zero-order valence-corrected chi connectivity index (χ0v) is 15.7. The number of carbonyl (C=O) groups excluding carboxylic acids is 2. The Morgan fingerprint density at radius 3 is 2.64 bits per heavy atom. The van der Waals surface area contributed by atoms with Crippen LogP contribution in [-0.4, -0.2) is 29.7 Å². The van der Waals surface area contributed by atoms with Crippen LogP contribution in [0.2, 0.25) is 0 Å². The maximum Gasteiger partial charge on any atom is 0.248 e. The summed E-state index contributed by atoms with van der Waals surface area (Å²) in [6, 6.07) is 7.84. The van der Waals surface area contributed by atoms with Crippen LogP contribution in [0.5, 0.6) is 5.75 Å². The summed E-state index contributed by atoms with van der Waals surface area (Å²) in [5, 5.41) is 1.85. The highest BCUT2D eigenvalue weighted by molar-refractivity contribution is 7.99. The maximum absolute atomic E-state index is 11.9. The lowest BCUT2D eigenvalue weighted by Crippen LogP contribution is -2.44. The van der Waals surface area contributed by atoms with Crippen molar-refractivity contribution in [3.05, 3.63) is 29.8 Å². The molecule has 2 N–H and O–H groups in total. The number of pyridine rings is 1. The van der Waals surface area contributed by atoms with E-state index in [4.69, 9.17) is 4.74 Å². The van der Waals surface area contributed by atoms with Crippen LogP contribution in [0.25, 0.3) is 10.9 Å². The van der Waals surface area contributed by atoms with Crippen LogP contribution in [-0.2, 0) is 16.0 Å². The standard InChI is InChI=1S/C18H23N3O3S/c1-5-12-8-13-6-7-14(24-4)9-15(13)19-18(12)25-10-16(22)20-21-17(23)11(2)3/h6-9,11H,5,10H2,1-4H3,(H,20,22)(H,21,23). The van der Waals surface area contributed by atoms with E-state index >= 15 is 0 Å². The van der Waals surface area contributed by atoms with Crippen molar-refractivity contribution in [3.8, 4) is 5.75 Å². The zero-order chi connectivity index (χ0) is 18.4. The molecule has 0 aliphatic rings. The van der Waals surface area contributed by atoms with Crippen molar-refractivity contribution in [2.75, 3.05) is 12.9 Å². The minimum atomic E-state index is -0.270. The quantitative estimate of drug-likeness (QED) is 0.611. The number of fused-ring (bicyclic) bond motifs is 1. The van der Waals surface area contributed by atoms with Gasteiger partial charge in [-0.2, -0.15) is 0 Å². The van der Waals surface area contributed by atoms with Crippen molar-refractivity contribution in [3.63, 3.8) is 0 Å². The number of ether oxygens (including phenoxy) is 1. The van der Waals surface area contributed by atoms with Crippen LogP contribution in [0, 0.1) is 5.92 Å². The summed E-state index contributed by atoms with van der Waals surface area (Å²) in [4.78, 5) is 28.1.